The normalized spacial score (nSPS) is 12.5. The molecule has 3 N–H and O–H groups in total. The van der Waals surface area contributed by atoms with Gasteiger partial charge in [-0.3, -0.25) is 0 Å². The van der Waals surface area contributed by atoms with E-state index in [-0.39, 0.29) is 6.04 Å². The molecule has 0 heterocycles. The van der Waals surface area contributed by atoms with Crippen LogP contribution in [0.5, 0.6) is 0 Å². The van der Waals surface area contributed by atoms with Crippen molar-refractivity contribution in [3.63, 3.8) is 0 Å². The molecule has 3 heteroatoms. The van der Waals surface area contributed by atoms with Gasteiger partial charge in [-0.15, -0.1) is 0 Å². The van der Waals surface area contributed by atoms with Gasteiger partial charge < -0.3 is 10.8 Å². The summed E-state index contributed by atoms with van der Waals surface area (Å²) in [7, 11) is 0. The maximum absolute atomic E-state index is 10.5. The van der Waals surface area contributed by atoms with Crippen molar-refractivity contribution >= 4 is 5.97 Å². The van der Waals surface area contributed by atoms with E-state index in [1.165, 1.54) is 0 Å². The van der Waals surface area contributed by atoms with E-state index in [4.69, 9.17) is 10.8 Å². The van der Waals surface area contributed by atoms with Crippen molar-refractivity contribution in [2.24, 2.45) is 5.73 Å². The Morgan fingerprint density at radius 2 is 2.00 bits per heavy atom. The lowest BCUT2D eigenvalue weighted by molar-refractivity contribution is 0.0697. The number of carboxylic acids is 1. The Balaban J connectivity index is 2.87. The number of hydrogen-bond donors (Lipinski definition) is 2. The Kier molecular flexibility index (Phi) is 3.03. The molecule has 13 heavy (non-hydrogen) atoms. The van der Waals surface area contributed by atoms with Gasteiger partial charge in [0, 0.05) is 6.04 Å². The molecule has 1 unspecified atom stereocenters. The average molecular weight is 179 g/mol. The Morgan fingerprint density at radius 3 is 2.38 bits per heavy atom. The van der Waals surface area contributed by atoms with Crippen LogP contribution in [-0.2, 0) is 0 Å². The molecule has 1 rings (SSSR count). The first kappa shape index (κ1) is 9.74. The first-order chi connectivity index (χ1) is 6.15. The van der Waals surface area contributed by atoms with Crippen LogP contribution in [0.1, 0.15) is 35.3 Å². The molecular formula is C10H13NO2. The summed E-state index contributed by atoms with van der Waals surface area (Å²) in [6.45, 7) is 2.00. The largest absolute Gasteiger partial charge is 0.478 e. The molecule has 0 spiro atoms. The van der Waals surface area contributed by atoms with E-state index in [2.05, 4.69) is 0 Å². The molecule has 70 valence electrons. The number of rotatable bonds is 3. The topological polar surface area (TPSA) is 63.3 Å². The first-order valence-electron chi connectivity index (χ1n) is 4.24. The molecule has 3 nitrogen and oxygen atoms in total. The van der Waals surface area contributed by atoms with Crippen LogP contribution in [0, 0.1) is 0 Å². The Morgan fingerprint density at radius 1 is 1.46 bits per heavy atom. The van der Waals surface area contributed by atoms with E-state index < -0.39 is 5.97 Å². The van der Waals surface area contributed by atoms with Crippen molar-refractivity contribution in [3.05, 3.63) is 35.4 Å². The molecular weight excluding hydrogens is 166 g/mol. The number of carboxylic acid groups (broad SMARTS) is 1. The first-order valence-corrected chi connectivity index (χ1v) is 4.24. The van der Waals surface area contributed by atoms with Crippen LogP contribution in [0.4, 0.5) is 0 Å². The minimum atomic E-state index is -0.906. The summed E-state index contributed by atoms with van der Waals surface area (Å²) < 4.78 is 0. The number of nitrogens with two attached hydrogens (primary N) is 1. The van der Waals surface area contributed by atoms with Gasteiger partial charge in [0.15, 0.2) is 0 Å². The van der Waals surface area contributed by atoms with Gasteiger partial charge in [-0.05, 0) is 24.1 Å². The molecule has 1 aromatic carbocycles. The van der Waals surface area contributed by atoms with Gasteiger partial charge in [0.25, 0.3) is 0 Å². The van der Waals surface area contributed by atoms with E-state index in [1.54, 1.807) is 24.3 Å². The third kappa shape index (κ3) is 2.29. The van der Waals surface area contributed by atoms with Crippen LogP contribution in [0.2, 0.25) is 0 Å². The third-order valence-electron chi connectivity index (χ3n) is 2.03. The lowest BCUT2D eigenvalue weighted by Crippen LogP contribution is -2.08. The highest BCUT2D eigenvalue weighted by Crippen LogP contribution is 2.14. The summed E-state index contributed by atoms with van der Waals surface area (Å²) in [6.07, 6.45) is 0.854. The molecule has 0 saturated carbocycles. The van der Waals surface area contributed by atoms with Crippen LogP contribution < -0.4 is 5.73 Å². The summed E-state index contributed by atoms with van der Waals surface area (Å²) >= 11 is 0. The van der Waals surface area contributed by atoms with E-state index in [1.807, 2.05) is 6.92 Å². The smallest absolute Gasteiger partial charge is 0.335 e. The summed E-state index contributed by atoms with van der Waals surface area (Å²) in [6, 6.07) is 6.68. The lowest BCUT2D eigenvalue weighted by Gasteiger charge is -2.08. The molecule has 0 aromatic heterocycles. The quantitative estimate of drug-likeness (QED) is 0.743. The molecule has 0 fully saturated rings. The fraction of sp³-hybridized carbons (Fsp3) is 0.300. The predicted octanol–water partition coefficient (Wildman–Crippen LogP) is 1.79. The third-order valence-corrected chi connectivity index (χ3v) is 2.03. The van der Waals surface area contributed by atoms with Crippen LogP contribution in [-0.4, -0.2) is 11.1 Å². The molecule has 0 aliphatic carbocycles. The molecule has 0 aliphatic rings. The second-order valence-electron chi connectivity index (χ2n) is 2.94. The number of benzene rings is 1. The molecule has 0 radical (unpaired) electrons. The van der Waals surface area contributed by atoms with Crippen molar-refractivity contribution in [3.8, 4) is 0 Å². The summed E-state index contributed by atoms with van der Waals surface area (Å²) in [5.74, 6) is -0.906. The van der Waals surface area contributed by atoms with Crippen molar-refractivity contribution in [1.82, 2.24) is 0 Å². The number of hydrogen-bond acceptors (Lipinski definition) is 2. The van der Waals surface area contributed by atoms with E-state index in [0.29, 0.717) is 5.56 Å². The fourth-order valence-corrected chi connectivity index (χ4v) is 1.11. The second kappa shape index (κ2) is 4.05. The number of carbonyl (C=O) groups is 1. The molecule has 0 amide bonds. The summed E-state index contributed by atoms with van der Waals surface area (Å²) in [5, 5.41) is 8.64. The molecule has 0 saturated heterocycles. The highest BCUT2D eigenvalue weighted by molar-refractivity contribution is 5.87. The van der Waals surface area contributed by atoms with Crippen LogP contribution in [0.15, 0.2) is 24.3 Å². The van der Waals surface area contributed by atoms with E-state index >= 15 is 0 Å². The van der Waals surface area contributed by atoms with Crippen molar-refractivity contribution < 1.29 is 9.90 Å². The summed E-state index contributed by atoms with van der Waals surface area (Å²) in [5.41, 5.74) is 7.05. The van der Waals surface area contributed by atoms with Gasteiger partial charge in [-0.25, -0.2) is 4.79 Å². The Hall–Kier alpha value is -1.35. The Labute approximate surface area is 77.2 Å². The van der Waals surface area contributed by atoms with Crippen LogP contribution in [0.25, 0.3) is 0 Å². The minimum Gasteiger partial charge on any atom is -0.478 e. The van der Waals surface area contributed by atoms with Crippen molar-refractivity contribution in [2.75, 3.05) is 0 Å². The van der Waals surface area contributed by atoms with Gasteiger partial charge in [-0.2, -0.15) is 0 Å². The van der Waals surface area contributed by atoms with Gasteiger partial charge in [0.05, 0.1) is 5.56 Å². The highest BCUT2D eigenvalue weighted by Gasteiger charge is 2.05. The molecule has 0 bridgehead atoms. The highest BCUT2D eigenvalue weighted by atomic mass is 16.4. The second-order valence-corrected chi connectivity index (χ2v) is 2.94. The van der Waals surface area contributed by atoms with Crippen molar-refractivity contribution in [1.29, 1.82) is 0 Å². The zero-order chi connectivity index (χ0) is 9.84. The van der Waals surface area contributed by atoms with E-state index in [9.17, 15) is 4.79 Å². The van der Waals surface area contributed by atoms with Gasteiger partial charge >= 0.3 is 5.97 Å². The van der Waals surface area contributed by atoms with Gasteiger partial charge in [-0.1, -0.05) is 19.1 Å². The predicted molar refractivity (Wildman–Crippen MR) is 50.6 cm³/mol. The minimum absolute atomic E-state index is 0.00263. The standard InChI is InChI=1S/C10H13NO2/c1-2-9(11)7-3-5-8(6-4-7)10(12)13/h3-6,9H,2,11H2,1H3,(H,12,13). The molecule has 1 atom stereocenters. The molecule has 1 aromatic rings. The van der Waals surface area contributed by atoms with Gasteiger partial charge in [0.1, 0.15) is 0 Å². The van der Waals surface area contributed by atoms with Crippen LogP contribution in [0.3, 0.4) is 0 Å². The van der Waals surface area contributed by atoms with Crippen LogP contribution >= 0.6 is 0 Å². The lowest BCUT2D eigenvalue weighted by atomic mass is 10.0. The number of aromatic carboxylic acids is 1. The summed E-state index contributed by atoms with van der Waals surface area (Å²) in [4.78, 5) is 10.5. The monoisotopic (exact) mass is 179 g/mol. The maximum atomic E-state index is 10.5. The Bertz CT molecular complexity index is 292. The average Bonchev–Trinajstić information content (AvgIpc) is 2.17. The van der Waals surface area contributed by atoms with E-state index in [0.717, 1.165) is 12.0 Å². The zero-order valence-corrected chi connectivity index (χ0v) is 7.53. The zero-order valence-electron chi connectivity index (χ0n) is 7.53. The van der Waals surface area contributed by atoms with Crippen molar-refractivity contribution in [2.45, 2.75) is 19.4 Å². The maximum Gasteiger partial charge on any atom is 0.335 e. The SMILES string of the molecule is CCC(N)c1ccc(C(=O)O)cc1. The van der Waals surface area contributed by atoms with Gasteiger partial charge in [0.2, 0.25) is 0 Å². The molecule has 0 aliphatic heterocycles. The fourth-order valence-electron chi connectivity index (χ4n) is 1.11.